The first-order valence-electron chi connectivity index (χ1n) is 12.1. The zero-order valence-electron chi connectivity index (χ0n) is 19.3. The average Bonchev–Trinajstić information content (AvgIpc) is 3.77. The molecule has 6 rings (SSSR count). The van der Waals surface area contributed by atoms with Crippen LogP contribution in [-0.2, 0) is 17.8 Å². The number of fused-ring (bicyclic) bond motifs is 1. The van der Waals surface area contributed by atoms with Gasteiger partial charge in [-0.1, -0.05) is 24.3 Å². The van der Waals surface area contributed by atoms with E-state index in [1.54, 1.807) is 17.7 Å². The number of aryl methyl sites for hydroxylation is 1. The Morgan fingerprint density at radius 3 is 2.74 bits per heavy atom. The van der Waals surface area contributed by atoms with Crippen LogP contribution in [0.15, 0.2) is 60.2 Å². The van der Waals surface area contributed by atoms with Gasteiger partial charge in [-0.15, -0.1) is 11.3 Å². The molecule has 0 unspecified atom stereocenters. The Morgan fingerprint density at radius 1 is 1.09 bits per heavy atom. The molecule has 6 heteroatoms. The van der Waals surface area contributed by atoms with Crippen LogP contribution in [0.5, 0.6) is 0 Å². The number of amides is 1. The van der Waals surface area contributed by atoms with Crippen molar-refractivity contribution in [3.05, 3.63) is 76.2 Å². The third kappa shape index (κ3) is 4.55. The van der Waals surface area contributed by atoms with Gasteiger partial charge < -0.3 is 10.2 Å². The van der Waals surface area contributed by atoms with Gasteiger partial charge in [-0.05, 0) is 84.5 Å². The summed E-state index contributed by atoms with van der Waals surface area (Å²) in [4.78, 5) is 25.3. The van der Waals surface area contributed by atoms with E-state index in [0.29, 0.717) is 25.0 Å². The molecule has 0 radical (unpaired) electrons. The van der Waals surface area contributed by atoms with Gasteiger partial charge in [0.25, 0.3) is 0 Å². The number of benzene rings is 2. The SMILES string of the molecule is Cc1cc2ncnc(NC3CC3)c2cc1-c1cccc(CN(C(=O)Cc2cccs2)C2CC2)c1. The standard InChI is InChI=1S/C28H28N4OS/c1-18-12-26-25(28(30-17-29-26)31-21-7-8-21)15-24(18)20-5-2-4-19(13-20)16-32(22-9-10-22)27(33)14-23-6-3-11-34-23/h2-6,11-13,15,17,21-22H,7-10,14,16H2,1H3,(H,29,30,31). The molecule has 0 aliphatic heterocycles. The first-order chi connectivity index (χ1) is 16.6. The number of aromatic nitrogens is 2. The summed E-state index contributed by atoms with van der Waals surface area (Å²) in [6.45, 7) is 2.80. The smallest absolute Gasteiger partial charge is 0.228 e. The highest BCUT2D eigenvalue weighted by atomic mass is 32.1. The minimum atomic E-state index is 0.227. The van der Waals surface area contributed by atoms with Gasteiger partial charge in [0.1, 0.15) is 12.1 Å². The Labute approximate surface area is 203 Å². The molecule has 1 amide bonds. The van der Waals surface area contributed by atoms with Gasteiger partial charge in [-0.25, -0.2) is 9.97 Å². The maximum Gasteiger partial charge on any atom is 0.228 e. The average molecular weight is 469 g/mol. The van der Waals surface area contributed by atoms with E-state index >= 15 is 0 Å². The van der Waals surface area contributed by atoms with Gasteiger partial charge in [0, 0.05) is 28.9 Å². The number of rotatable bonds is 8. The van der Waals surface area contributed by atoms with Crippen LogP contribution in [0.25, 0.3) is 22.0 Å². The predicted molar refractivity (Wildman–Crippen MR) is 138 cm³/mol. The molecule has 2 aliphatic carbocycles. The normalized spacial score (nSPS) is 15.4. The summed E-state index contributed by atoms with van der Waals surface area (Å²) in [5.41, 5.74) is 5.68. The largest absolute Gasteiger partial charge is 0.367 e. The van der Waals surface area contributed by atoms with Crippen LogP contribution in [0.2, 0.25) is 0 Å². The molecule has 1 N–H and O–H groups in total. The van der Waals surface area contributed by atoms with Gasteiger partial charge in [0.2, 0.25) is 5.91 Å². The molecule has 34 heavy (non-hydrogen) atoms. The number of carbonyl (C=O) groups excluding carboxylic acids is 1. The lowest BCUT2D eigenvalue weighted by Crippen LogP contribution is -2.33. The van der Waals surface area contributed by atoms with Crippen molar-refractivity contribution in [2.45, 2.75) is 57.7 Å². The number of carbonyl (C=O) groups is 1. The lowest BCUT2D eigenvalue weighted by molar-refractivity contribution is -0.131. The van der Waals surface area contributed by atoms with E-state index in [1.807, 2.05) is 17.5 Å². The lowest BCUT2D eigenvalue weighted by atomic mass is 9.96. The number of nitrogens with zero attached hydrogens (tertiary/aromatic N) is 3. The van der Waals surface area contributed by atoms with Gasteiger partial charge in [-0.3, -0.25) is 4.79 Å². The third-order valence-electron chi connectivity index (χ3n) is 6.70. The zero-order chi connectivity index (χ0) is 23.1. The van der Waals surface area contributed by atoms with Crippen molar-refractivity contribution in [2.24, 2.45) is 0 Å². The van der Waals surface area contributed by atoms with Crippen LogP contribution in [0, 0.1) is 6.92 Å². The lowest BCUT2D eigenvalue weighted by Gasteiger charge is -2.23. The fourth-order valence-electron chi connectivity index (χ4n) is 4.56. The molecule has 172 valence electrons. The molecule has 2 saturated carbocycles. The minimum absolute atomic E-state index is 0.227. The summed E-state index contributed by atoms with van der Waals surface area (Å²) in [6, 6.07) is 18.0. The van der Waals surface area contributed by atoms with Crippen molar-refractivity contribution in [3.63, 3.8) is 0 Å². The Hall–Kier alpha value is -3.25. The molecule has 2 aliphatic rings. The van der Waals surface area contributed by atoms with Crippen LogP contribution >= 0.6 is 11.3 Å². The summed E-state index contributed by atoms with van der Waals surface area (Å²) in [5, 5.41) is 6.65. The van der Waals surface area contributed by atoms with Crippen LogP contribution in [-0.4, -0.2) is 32.9 Å². The van der Waals surface area contributed by atoms with Gasteiger partial charge in [0.05, 0.1) is 11.9 Å². The van der Waals surface area contributed by atoms with Crippen molar-refractivity contribution in [1.82, 2.24) is 14.9 Å². The number of nitrogens with one attached hydrogen (secondary N) is 1. The number of hydrogen-bond donors (Lipinski definition) is 1. The molecule has 0 bridgehead atoms. The third-order valence-corrected chi connectivity index (χ3v) is 7.58. The molecule has 2 heterocycles. The Kier molecular flexibility index (Phi) is 5.53. The summed E-state index contributed by atoms with van der Waals surface area (Å²) < 4.78 is 0. The molecule has 4 aromatic rings. The Balaban J connectivity index is 1.29. The maximum atomic E-state index is 13.1. The van der Waals surface area contributed by atoms with Gasteiger partial charge in [-0.2, -0.15) is 0 Å². The van der Waals surface area contributed by atoms with E-state index in [2.05, 4.69) is 63.5 Å². The van der Waals surface area contributed by atoms with E-state index in [-0.39, 0.29) is 5.91 Å². The fraction of sp³-hybridized carbons (Fsp3) is 0.321. The summed E-state index contributed by atoms with van der Waals surface area (Å²) in [6.07, 6.45) is 6.76. The molecule has 2 aromatic carbocycles. The maximum absolute atomic E-state index is 13.1. The van der Waals surface area contributed by atoms with Crippen molar-refractivity contribution in [1.29, 1.82) is 0 Å². The molecular formula is C28H28N4OS. The number of anilines is 1. The molecule has 0 spiro atoms. The second kappa shape index (κ2) is 8.84. The van der Waals surface area contributed by atoms with Crippen molar-refractivity contribution >= 4 is 34.0 Å². The van der Waals surface area contributed by atoms with Crippen molar-refractivity contribution in [3.8, 4) is 11.1 Å². The Morgan fingerprint density at radius 2 is 1.97 bits per heavy atom. The van der Waals surface area contributed by atoms with E-state index < -0.39 is 0 Å². The summed E-state index contributed by atoms with van der Waals surface area (Å²) >= 11 is 1.65. The topological polar surface area (TPSA) is 58.1 Å². The highest BCUT2D eigenvalue weighted by Crippen LogP contribution is 2.34. The van der Waals surface area contributed by atoms with Crippen LogP contribution < -0.4 is 5.32 Å². The van der Waals surface area contributed by atoms with Crippen LogP contribution in [0.1, 0.15) is 41.7 Å². The highest BCUT2D eigenvalue weighted by molar-refractivity contribution is 7.10. The van der Waals surface area contributed by atoms with Gasteiger partial charge in [0.15, 0.2) is 0 Å². The molecule has 2 fully saturated rings. The Bertz CT molecular complexity index is 1340. The minimum Gasteiger partial charge on any atom is -0.367 e. The van der Waals surface area contributed by atoms with E-state index in [0.717, 1.165) is 34.4 Å². The molecule has 0 saturated heterocycles. The van der Waals surface area contributed by atoms with Crippen molar-refractivity contribution in [2.75, 3.05) is 5.32 Å². The highest BCUT2D eigenvalue weighted by Gasteiger charge is 2.32. The number of hydrogen-bond acceptors (Lipinski definition) is 5. The monoisotopic (exact) mass is 468 g/mol. The van der Waals surface area contributed by atoms with E-state index in [1.165, 1.54) is 35.1 Å². The second-order valence-corrected chi connectivity index (χ2v) is 10.6. The van der Waals surface area contributed by atoms with Crippen LogP contribution in [0.4, 0.5) is 5.82 Å². The second-order valence-electron chi connectivity index (χ2n) is 9.53. The first-order valence-corrected chi connectivity index (χ1v) is 12.9. The fourth-order valence-corrected chi connectivity index (χ4v) is 5.26. The predicted octanol–water partition coefficient (Wildman–Crippen LogP) is 5.97. The van der Waals surface area contributed by atoms with E-state index in [9.17, 15) is 4.79 Å². The quantitative estimate of drug-likeness (QED) is 0.346. The van der Waals surface area contributed by atoms with E-state index in [4.69, 9.17) is 0 Å². The number of thiophene rings is 1. The van der Waals surface area contributed by atoms with Crippen LogP contribution in [0.3, 0.4) is 0 Å². The summed E-state index contributed by atoms with van der Waals surface area (Å²) in [7, 11) is 0. The molecule has 0 atom stereocenters. The van der Waals surface area contributed by atoms with Gasteiger partial charge >= 0.3 is 0 Å². The molecule has 2 aromatic heterocycles. The molecular weight excluding hydrogens is 440 g/mol. The van der Waals surface area contributed by atoms with Crippen molar-refractivity contribution < 1.29 is 4.79 Å². The molecule has 5 nitrogen and oxygen atoms in total. The first kappa shape index (κ1) is 21.3. The summed E-state index contributed by atoms with van der Waals surface area (Å²) in [5.74, 6) is 1.15. The zero-order valence-corrected chi connectivity index (χ0v) is 20.1.